The minimum atomic E-state index is -0.533. The van der Waals surface area contributed by atoms with Gasteiger partial charge in [0, 0.05) is 32.4 Å². The molecule has 1 amide bonds. The molecule has 1 atom stereocenters. The van der Waals surface area contributed by atoms with E-state index >= 15 is 0 Å². The van der Waals surface area contributed by atoms with Gasteiger partial charge in [0.05, 0.1) is 9.50 Å². The Bertz CT molecular complexity index is 777. The number of carbonyl (C=O) groups is 1. The number of hydrogen-bond donors (Lipinski definition) is 0. The highest BCUT2D eigenvalue weighted by molar-refractivity contribution is 9.10. The number of piperazine rings is 1. The number of aromatic nitrogens is 1. The van der Waals surface area contributed by atoms with Crippen LogP contribution >= 0.6 is 27.5 Å². The topological polar surface area (TPSA) is 45.7 Å². The van der Waals surface area contributed by atoms with Crippen LogP contribution in [0.2, 0.25) is 5.02 Å². The van der Waals surface area contributed by atoms with Gasteiger partial charge in [-0.1, -0.05) is 17.7 Å². The summed E-state index contributed by atoms with van der Waals surface area (Å²) in [6.07, 6.45) is 1.11. The van der Waals surface area contributed by atoms with Crippen LogP contribution < -0.4 is 9.64 Å². The van der Waals surface area contributed by atoms with Crippen LogP contribution in [0.1, 0.15) is 12.5 Å². The summed E-state index contributed by atoms with van der Waals surface area (Å²) in [4.78, 5) is 21.0. The van der Waals surface area contributed by atoms with Gasteiger partial charge in [-0.25, -0.2) is 4.98 Å². The highest BCUT2D eigenvalue weighted by Crippen LogP contribution is 2.27. The summed E-state index contributed by atoms with van der Waals surface area (Å²) in [5.74, 6) is 1.57. The minimum Gasteiger partial charge on any atom is -0.480 e. The van der Waals surface area contributed by atoms with Crippen molar-refractivity contribution in [3.05, 3.63) is 51.6 Å². The van der Waals surface area contributed by atoms with Crippen LogP contribution in [0, 0.1) is 6.92 Å². The maximum absolute atomic E-state index is 12.7. The van der Waals surface area contributed by atoms with E-state index in [1.807, 2.05) is 42.2 Å². The van der Waals surface area contributed by atoms with E-state index in [4.69, 9.17) is 16.3 Å². The number of nitrogens with zero attached hydrogens (tertiary/aromatic N) is 3. The number of halogens is 2. The first kappa shape index (κ1) is 19.0. The first-order chi connectivity index (χ1) is 12.4. The molecule has 0 aliphatic carbocycles. The molecule has 0 bridgehead atoms. The van der Waals surface area contributed by atoms with Crippen molar-refractivity contribution in [2.45, 2.75) is 20.0 Å². The second-order valence-corrected chi connectivity index (χ2v) is 7.63. The Kier molecular flexibility index (Phi) is 6.04. The van der Waals surface area contributed by atoms with E-state index in [9.17, 15) is 4.79 Å². The van der Waals surface area contributed by atoms with E-state index in [0.29, 0.717) is 23.9 Å². The van der Waals surface area contributed by atoms with E-state index in [0.717, 1.165) is 28.9 Å². The molecule has 1 fully saturated rings. The average molecular weight is 439 g/mol. The predicted octanol–water partition coefficient (Wildman–Crippen LogP) is 3.92. The second kappa shape index (κ2) is 8.27. The van der Waals surface area contributed by atoms with E-state index in [-0.39, 0.29) is 5.91 Å². The van der Waals surface area contributed by atoms with Gasteiger partial charge in [-0.2, -0.15) is 0 Å². The predicted molar refractivity (Wildman–Crippen MR) is 107 cm³/mol. The Morgan fingerprint density at radius 1 is 1.23 bits per heavy atom. The molecule has 0 saturated carbocycles. The van der Waals surface area contributed by atoms with Crippen molar-refractivity contribution in [3.8, 4) is 5.75 Å². The summed E-state index contributed by atoms with van der Waals surface area (Å²) in [5.41, 5.74) is 1.13. The standard InChI is InChI=1S/C19H21BrClN3O2/c1-13-3-5-17(16(20)11-13)26-14(2)19(25)24-9-7-23(8-10-24)18-6-4-15(21)12-22-18/h3-6,11-12,14H,7-10H2,1-2H3. The quantitative estimate of drug-likeness (QED) is 0.726. The van der Waals surface area contributed by atoms with Crippen LogP contribution in [0.3, 0.4) is 0 Å². The Hall–Kier alpha value is -1.79. The number of aryl methyl sites for hydroxylation is 1. The van der Waals surface area contributed by atoms with Crippen LogP contribution in [0.25, 0.3) is 0 Å². The van der Waals surface area contributed by atoms with Crippen LogP contribution in [-0.2, 0) is 4.79 Å². The molecular weight excluding hydrogens is 418 g/mol. The largest absolute Gasteiger partial charge is 0.480 e. The number of ether oxygens (including phenoxy) is 1. The highest BCUT2D eigenvalue weighted by Gasteiger charge is 2.26. The van der Waals surface area contributed by atoms with Crippen LogP contribution in [-0.4, -0.2) is 48.1 Å². The van der Waals surface area contributed by atoms with Gasteiger partial charge in [-0.3, -0.25) is 4.79 Å². The fourth-order valence-electron chi connectivity index (χ4n) is 2.91. The Morgan fingerprint density at radius 2 is 1.96 bits per heavy atom. The molecule has 26 heavy (non-hydrogen) atoms. The molecule has 5 nitrogen and oxygen atoms in total. The fraction of sp³-hybridized carbons (Fsp3) is 0.368. The SMILES string of the molecule is Cc1ccc(OC(C)C(=O)N2CCN(c3ccc(Cl)cn3)CC2)c(Br)c1. The summed E-state index contributed by atoms with van der Waals surface area (Å²) < 4.78 is 6.72. The number of carbonyl (C=O) groups excluding carboxylic acids is 1. The Balaban J connectivity index is 1.56. The van der Waals surface area contributed by atoms with Crippen LogP contribution in [0.5, 0.6) is 5.75 Å². The molecular formula is C19H21BrClN3O2. The average Bonchev–Trinajstić information content (AvgIpc) is 2.64. The maximum atomic E-state index is 12.7. The molecule has 138 valence electrons. The van der Waals surface area contributed by atoms with Gasteiger partial charge in [-0.05, 0) is 59.6 Å². The molecule has 0 N–H and O–H groups in total. The zero-order chi connectivity index (χ0) is 18.7. The second-order valence-electron chi connectivity index (χ2n) is 6.34. The number of pyridine rings is 1. The lowest BCUT2D eigenvalue weighted by Gasteiger charge is -2.36. The molecule has 3 rings (SSSR count). The van der Waals surface area contributed by atoms with Gasteiger partial charge in [0.1, 0.15) is 11.6 Å². The lowest BCUT2D eigenvalue weighted by Crippen LogP contribution is -2.52. The lowest BCUT2D eigenvalue weighted by atomic mass is 10.2. The molecule has 2 aromatic rings. The zero-order valence-electron chi connectivity index (χ0n) is 14.8. The molecule has 1 aliphatic rings. The molecule has 1 aromatic carbocycles. The van der Waals surface area contributed by atoms with Crippen LogP contribution in [0.15, 0.2) is 41.0 Å². The van der Waals surface area contributed by atoms with E-state index in [1.165, 1.54) is 0 Å². The normalized spacial score (nSPS) is 15.7. The van der Waals surface area contributed by atoms with Crippen molar-refractivity contribution in [1.82, 2.24) is 9.88 Å². The monoisotopic (exact) mass is 437 g/mol. The number of hydrogen-bond acceptors (Lipinski definition) is 4. The molecule has 1 saturated heterocycles. The van der Waals surface area contributed by atoms with E-state index < -0.39 is 6.10 Å². The van der Waals surface area contributed by atoms with Gasteiger partial charge < -0.3 is 14.5 Å². The Labute approximate surface area is 167 Å². The molecule has 1 unspecified atom stereocenters. The summed E-state index contributed by atoms with van der Waals surface area (Å²) in [6.45, 7) is 6.57. The van der Waals surface area contributed by atoms with Crippen LogP contribution in [0.4, 0.5) is 5.82 Å². The molecule has 0 spiro atoms. The number of anilines is 1. The molecule has 2 heterocycles. The highest BCUT2D eigenvalue weighted by atomic mass is 79.9. The first-order valence-electron chi connectivity index (χ1n) is 8.52. The minimum absolute atomic E-state index is 0.00110. The molecule has 7 heteroatoms. The van der Waals surface area contributed by atoms with Crippen molar-refractivity contribution in [3.63, 3.8) is 0 Å². The fourth-order valence-corrected chi connectivity index (χ4v) is 3.61. The maximum Gasteiger partial charge on any atom is 0.263 e. The lowest BCUT2D eigenvalue weighted by molar-refractivity contribution is -0.138. The Morgan fingerprint density at radius 3 is 2.58 bits per heavy atom. The number of rotatable bonds is 4. The van der Waals surface area contributed by atoms with Crippen molar-refractivity contribution in [1.29, 1.82) is 0 Å². The van der Waals surface area contributed by atoms with Crippen molar-refractivity contribution < 1.29 is 9.53 Å². The van der Waals surface area contributed by atoms with E-state index in [2.05, 4.69) is 25.8 Å². The van der Waals surface area contributed by atoms with E-state index in [1.54, 1.807) is 13.1 Å². The van der Waals surface area contributed by atoms with Gasteiger partial charge in [-0.15, -0.1) is 0 Å². The van der Waals surface area contributed by atoms with Crippen molar-refractivity contribution in [2.24, 2.45) is 0 Å². The van der Waals surface area contributed by atoms with Gasteiger partial charge in [0.2, 0.25) is 0 Å². The smallest absolute Gasteiger partial charge is 0.263 e. The summed E-state index contributed by atoms with van der Waals surface area (Å²) in [6, 6.07) is 9.56. The third-order valence-corrected chi connectivity index (χ3v) is 5.21. The molecule has 1 aliphatic heterocycles. The molecule has 0 radical (unpaired) electrons. The molecule has 1 aromatic heterocycles. The van der Waals surface area contributed by atoms with Gasteiger partial charge in [0.25, 0.3) is 5.91 Å². The van der Waals surface area contributed by atoms with Crippen molar-refractivity contribution >= 4 is 39.3 Å². The number of benzene rings is 1. The van der Waals surface area contributed by atoms with Crippen molar-refractivity contribution in [2.75, 3.05) is 31.1 Å². The number of amides is 1. The first-order valence-corrected chi connectivity index (χ1v) is 9.69. The van der Waals surface area contributed by atoms with Gasteiger partial charge in [0.15, 0.2) is 6.10 Å². The summed E-state index contributed by atoms with van der Waals surface area (Å²) >= 11 is 9.37. The third-order valence-electron chi connectivity index (χ3n) is 4.37. The third kappa shape index (κ3) is 4.48. The van der Waals surface area contributed by atoms with Gasteiger partial charge >= 0.3 is 0 Å². The summed E-state index contributed by atoms with van der Waals surface area (Å²) in [5, 5.41) is 0.621. The summed E-state index contributed by atoms with van der Waals surface area (Å²) in [7, 11) is 0. The zero-order valence-corrected chi connectivity index (χ0v) is 17.1.